The van der Waals surface area contributed by atoms with Gasteiger partial charge >= 0.3 is 0 Å². The second kappa shape index (κ2) is 10.7. The first kappa shape index (κ1) is 20.9. The van der Waals surface area contributed by atoms with Gasteiger partial charge < -0.3 is 20.1 Å². The maximum atomic E-state index is 5.94. The first-order chi connectivity index (χ1) is 13.7. The topological polar surface area (TPSA) is 58.1 Å². The standard InChI is InChI=1S/C22H36N4O2/c1-4-23-22(25-14-19-16-26(10-12-27-19)15-17(2)3)24-13-18-9-11-28-21-8-6-5-7-20(18)21/h5-8,17-19H,4,9-16H2,1-3H3,(H2,23,24,25). The first-order valence-corrected chi connectivity index (χ1v) is 10.7. The normalized spacial score (nSPS) is 23.2. The van der Waals surface area contributed by atoms with Crippen molar-refractivity contribution < 1.29 is 9.47 Å². The summed E-state index contributed by atoms with van der Waals surface area (Å²) in [5.74, 6) is 3.02. The van der Waals surface area contributed by atoms with Gasteiger partial charge in [0.25, 0.3) is 0 Å². The van der Waals surface area contributed by atoms with Gasteiger partial charge in [0, 0.05) is 38.6 Å². The molecule has 2 aliphatic heterocycles. The number of benzene rings is 1. The minimum Gasteiger partial charge on any atom is -0.493 e. The average Bonchev–Trinajstić information content (AvgIpc) is 2.70. The molecular formula is C22H36N4O2. The molecule has 0 amide bonds. The molecule has 1 saturated heterocycles. The number of guanidine groups is 1. The van der Waals surface area contributed by atoms with Gasteiger partial charge in [-0.1, -0.05) is 32.0 Å². The van der Waals surface area contributed by atoms with Crippen LogP contribution in [-0.2, 0) is 4.74 Å². The Labute approximate surface area is 169 Å². The van der Waals surface area contributed by atoms with Crippen LogP contribution in [0.5, 0.6) is 5.75 Å². The Morgan fingerprint density at radius 2 is 2.11 bits per heavy atom. The number of hydrogen-bond acceptors (Lipinski definition) is 4. The quantitative estimate of drug-likeness (QED) is 0.555. The van der Waals surface area contributed by atoms with Crippen molar-refractivity contribution in [2.75, 3.05) is 52.5 Å². The van der Waals surface area contributed by atoms with Gasteiger partial charge in [0.2, 0.25) is 0 Å². The molecule has 6 nitrogen and oxygen atoms in total. The molecule has 28 heavy (non-hydrogen) atoms. The number of hydrogen-bond donors (Lipinski definition) is 2. The van der Waals surface area contributed by atoms with E-state index in [0.717, 1.165) is 64.1 Å². The molecule has 2 atom stereocenters. The zero-order valence-electron chi connectivity index (χ0n) is 17.6. The summed E-state index contributed by atoms with van der Waals surface area (Å²) in [6.45, 7) is 13.7. The van der Waals surface area contributed by atoms with Crippen molar-refractivity contribution in [2.24, 2.45) is 10.9 Å². The third-order valence-corrected chi connectivity index (χ3v) is 5.24. The van der Waals surface area contributed by atoms with Gasteiger partial charge in [0.1, 0.15) is 5.75 Å². The van der Waals surface area contributed by atoms with E-state index in [2.05, 4.69) is 54.5 Å². The predicted octanol–water partition coefficient (Wildman–Crippen LogP) is 2.46. The number of ether oxygens (including phenoxy) is 2. The Morgan fingerprint density at radius 1 is 1.25 bits per heavy atom. The molecule has 1 aromatic rings. The van der Waals surface area contributed by atoms with Gasteiger partial charge in [0.05, 0.1) is 25.9 Å². The molecule has 0 aromatic heterocycles. The van der Waals surface area contributed by atoms with Crippen LogP contribution in [0.4, 0.5) is 0 Å². The van der Waals surface area contributed by atoms with E-state index in [1.807, 2.05) is 6.07 Å². The molecule has 0 saturated carbocycles. The number of nitrogens with zero attached hydrogens (tertiary/aromatic N) is 2. The van der Waals surface area contributed by atoms with Gasteiger partial charge in [-0.25, -0.2) is 0 Å². The van der Waals surface area contributed by atoms with Crippen molar-refractivity contribution in [3.63, 3.8) is 0 Å². The Morgan fingerprint density at radius 3 is 2.93 bits per heavy atom. The molecule has 0 bridgehead atoms. The number of aliphatic imine (C=N–C) groups is 1. The molecule has 0 radical (unpaired) electrons. The SMILES string of the molecule is CCNC(=NCC1CN(CC(C)C)CCO1)NCC1CCOc2ccccc21. The zero-order chi connectivity index (χ0) is 19.8. The molecule has 0 spiro atoms. The Hall–Kier alpha value is -1.79. The first-order valence-electron chi connectivity index (χ1n) is 10.7. The van der Waals surface area contributed by atoms with Gasteiger partial charge in [-0.05, 0) is 30.9 Å². The maximum absolute atomic E-state index is 5.94. The summed E-state index contributed by atoms with van der Waals surface area (Å²) >= 11 is 0. The molecule has 6 heteroatoms. The molecule has 0 aliphatic carbocycles. The summed E-state index contributed by atoms with van der Waals surface area (Å²) in [7, 11) is 0. The number of rotatable bonds is 7. The number of fused-ring (bicyclic) bond motifs is 1. The van der Waals surface area contributed by atoms with E-state index in [1.165, 1.54) is 5.56 Å². The summed E-state index contributed by atoms with van der Waals surface area (Å²) in [4.78, 5) is 7.30. The fraction of sp³-hybridized carbons (Fsp3) is 0.682. The highest BCUT2D eigenvalue weighted by Gasteiger charge is 2.22. The van der Waals surface area contributed by atoms with Crippen molar-refractivity contribution in [2.45, 2.75) is 39.2 Å². The highest BCUT2D eigenvalue weighted by molar-refractivity contribution is 5.79. The molecule has 1 aromatic carbocycles. The number of para-hydroxylation sites is 1. The lowest BCUT2D eigenvalue weighted by molar-refractivity contribution is -0.0261. The molecule has 2 N–H and O–H groups in total. The Kier molecular flexibility index (Phi) is 7.98. The fourth-order valence-electron chi connectivity index (χ4n) is 3.96. The summed E-state index contributed by atoms with van der Waals surface area (Å²) in [5, 5.41) is 6.90. The molecule has 2 aliphatic rings. The molecular weight excluding hydrogens is 352 g/mol. The second-order valence-electron chi connectivity index (χ2n) is 8.12. The largest absolute Gasteiger partial charge is 0.493 e. The molecule has 3 rings (SSSR count). The van der Waals surface area contributed by atoms with Crippen LogP contribution in [0, 0.1) is 5.92 Å². The van der Waals surface area contributed by atoms with Crippen molar-refractivity contribution in [3.05, 3.63) is 29.8 Å². The van der Waals surface area contributed by atoms with Crippen LogP contribution in [0.2, 0.25) is 0 Å². The summed E-state index contributed by atoms with van der Waals surface area (Å²) in [6.07, 6.45) is 1.20. The van der Waals surface area contributed by atoms with E-state index in [1.54, 1.807) is 0 Å². The third kappa shape index (κ3) is 6.11. The molecule has 2 unspecified atom stereocenters. The lowest BCUT2D eigenvalue weighted by Crippen LogP contribution is -2.46. The molecule has 1 fully saturated rings. The van der Waals surface area contributed by atoms with Gasteiger partial charge in [0.15, 0.2) is 5.96 Å². The highest BCUT2D eigenvalue weighted by atomic mass is 16.5. The third-order valence-electron chi connectivity index (χ3n) is 5.24. The lowest BCUT2D eigenvalue weighted by Gasteiger charge is -2.33. The predicted molar refractivity (Wildman–Crippen MR) is 114 cm³/mol. The van der Waals surface area contributed by atoms with Gasteiger partial charge in [-0.2, -0.15) is 0 Å². The van der Waals surface area contributed by atoms with E-state index in [0.29, 0.717) is 18.4 Å². The molecule has 2 heterocycles. The smallest absolute Gasteiger partial charge is 0.191 e. The summed E-state index contributed by atoms with van der Waals surface area (Å²) < 4.78 is 11.7. The molecule has 156 valence electrons. The van der Waals surface area contributed by atoms with Crippen LogP contribution < -0.4 is 15.4 Å². The van der Waals surface area contributed by atoms with Crippen molar-refractivity contribution in [1.29, 1.82) is 0 Å². The fourth-order valence-corrected chi connectivity index (χ4v) is 3.96. The Balaban J connectivity index is 1.53. The van der Waals surface area contributed by atoms with E-state index >= 15 is 0 Å². The van der Waals surface area contributed by atoms with Crippen molar-refractivity contribution >= 4 is 5.96 Å². The van der Waals surface area contributed by atoms with E-state index < -0.39 is 0 Å². The van der Waals surface area contributed by atoms with Crippen LogP contribution in [0.3, 0.4) is 0 Å². The van der Waals surface area contributed by atoms with Crippen LogP contribution in [0.1, 0.15) is 38.7 Å². The van der Waals surface area contributed by atoms with Gasteiger partial charge in [-0.15, -0.1) is 0 Å². The summed E-state index contributed by atoms with van der Waals surface area (Å²) in [5.41, 5.74) is 1.29. The number of nitrogens with one attached hydrogen (secondary N) is 2. The van der Waals surface area contributed by atoms with Crippen molar-refractivity contribution in [3.8, 4) is 5.75 Å². The van der Waals surface area contributed by atoms with Crippen LogP contribution >= 0.6 is 0 Å². The van der Waals surface area contributed by atoms with Crippen LogP contribution in [-0.4, -0.2) is 69.4 Å². The summed E-state index contributed by atoms with van der Waals surface area (Å²) in [6, 6.07) is 8.35. The van der Waals surface area contributed by atoms with Gasteiger partial charge in [-0.3, -0.25) is 9.89 Å². The van der Waals surface area contributed by atoms with E-state index in [9.17, 15) is 0 Å². The Bertz CT molecular complexity index is 635. The van der Waals surface area contributed by atoms with E-state index in [-0.39, 0.29) is 6.10 Å². The zero-order valence-corrected chi connectivity index (χ0v) is 17.6. The van der Waals surface area contributed by atoms with E-state index in [4.69, 9.17) is 14.5 Å². The highest BCUT2D eigenvalue weighted by Crippen LogP contribution is 2.32. The van der Waals surface area contributed by atoms with Crippen LogP contribution in [0.15, 0.2) is 29.3 Å². The van der Waals surface area contributed by atoms with Crippen LogP contribution in [0.25, 0.3) is 0 Å². The second-order valence-corrected chi connectivity index (χ2v) is 8.12. The maximum Gasteiger partial charge on any atom is 0.191 e. The lowest BCUT2D eigenvalue weighted by atomic mass is 9.93. The minimum atomic E-state index is 0.173. The average molecular weight is 389 g/mol. The van der Waals surface area contributed by atoms with Crippen molar-refractivity contribution in [1.82, 2.24) is 15.5 Å². The monoisotopic (exact) mass is 388 g/mol. The minimum absolute atomic E-state index is 0.173. The number of morpholine rings is 1.